The van der Waals surface area contributed by atoms with Gasteiger partial charge in [0.2, 0.25) is 0 Å². The van der Waals surface area contributed by atoms with Crippen LogP contribution in [0.4, 0.5) is 11.6 Å². The van der Waals surface area contributed by atoms with Crippen molar-refractivity contribution < 1.29 is 0 Å². The number of rotatable bonds is 7. The van der Waals surface area contributed by atoms with Crippen LogP contribution in [0.2, 0.25) is 0 Å². The zero-order chi connectivity index (χ0) is 14.8. The molecule has 0 atom stereocenters. The maximum absolute atomic E-state index is 4.79. The van der Waals surface area contributed by atoms with Gasteiger partial charge in [0.25, 0.3) is 0 Å². The van der Waals surface area contributed by atoms with Crippen molar-refractivity contribution in [3.05, 3.63) is 11.9 Å². The van der Waals surface area contributed by atoms with Gasteiger partial charge in [-0.2, -0.15) is 0 Å². The summed E-state index contributed by atoms with van der Waals surface area (Å²) >= 11 is 0. The second kappa shape index (κ2) is 5.98. The predicted molar refractivity (Wildman–Crippen MR) is 85.6 cm³/mol. The number of anilines is 2. The molecule has 1 N–H and O–H groups in total. The quantitative estimate of drug-likeness (QED) is 0.822. The fourth-order valence-corrected chi connectivity index (χ4v) is 2.04. The molecule has 0 unspecified atom stereocenters. The molecule has 1 fully saturated rings. The van der Waals surface area contributed by atoms with Crippen LogP contribution in [0.15, 0.2) is 6.07 Å². The number of hydrogen-bond donors (Lipinski definition) is 1. The minimum Gasteiger partial charge on any atom is -0.370 e. The van der Waals surface area contributed by atoms with Crippen LogP contribution in [0, 0.1) is 0 Å². The van der Waals surface area contributed by atoms with Gasteiger partial charge >= 0.3 is 0 Å². The molecule has 0 aromatic carbocycles. The van der Waals surface area contributed by atoms with E-state index in [0.717, 1.165) is 36.8 Å². The summed E-state index contributed by atoms with van der Waals surface area (Å²) in [6.07, 6.45) is 4.66. The van der Waals surface area contributed by atoms with E-state index in [1.807, 2.05) is 0 Å². The minimum atomic E-state index is 0.108. The minimum absolute atomic E-state index is 0.108. The monoisotopic (exact) mass is 276 g/mol. The van der Waals surface area contributed by atoms with E-state index in [1.165, 1.54) is 12.8 Å². The molecule has 0 saturated heterocycles. The van der Waals surface area contributed by atoms with E-state index in [2.05, 4.69) is 56.0 Å². The maximum Gasteiger partial charge on any atom is 0.136 e. The molecule has 0 bridgehead atoms. The predicted octanol–water partition coefficient (Wildman–Crippen LogP) is 3.80. The van der Waals surface area contributed by atoms with Crippen molar-refractivity contribution >= 4 is 11.6 Å². The van der Waals surface area contributed by atoms with Gasteiger partial charge in [0.15, 0.2) is 0 Å². The Morgan fingerprint density at radius 1 is 1.30 bits per heavy atom. The highest BCUT2D eigenvalue weighted by Crippen LogP contribution is 2.39. The van der Waals surface area contributed by atoms with Crippen LogP contribution < -0.4 is 10.2 Å². The highest BCUT2D eigenvalue weighted by Gasteiger charge is 2.29. The summed E-state index contributed by atoms with van der Waals surface area (Å²) in [5, 5.41) is 3.40. The molecule has 20 heavy (non-hydrogen) atoms. The SMILES string of the molecule is CCCNc1cc(N(C)C(C)(C)CC)nc(C2CC2)n1. The largest absolute Gasteiger partial charge is 0.370 e. The Morgan fingerprint density at radius 3 is 2.55 bits per heavy atom. The molecule has 4 heteroatoms. The lowest BCUT2D eigenvalue weighted by Gasteiger charge is -2.36. The van der Waals surface area contributed by atoms with E-state index in [-0.39, 0.29) is 5.54 Å². The number of nitrogens with zero attached hydrogens (tertiary/aromatic N) is 3. The zero-order valence-corrected chi connectivity index (χ0v) is 13.5. The Bertz CT molecular complexity index is 452. The van der Waals surface area contributed by atoms with Gasteiger partial charge in [-0.25, -0.2) is 9.97 Å². The van der Waals surface area contributed by atoms with Crippen LogP contribution >= 0.6 is 0 Å². The Morgan fingerprint density at radius 2 is 2.00 bits per heavy atom. The molecule has 0 radical (unpaired) electrons. The molecule has 0 spiro atoms. The van der Waals surface area contributed by atoms with Crippen LogP contribution in [0.3, 0.4) is 0 Å². The molecule has 4 nitrogen and oxygen atoms in total. The molecule has 1 aromatic rings. The van der Waals surface area contributed by atoms with Crippen LogP contribution in [0.1, 0.15) is 65.1 Å². The summed E-state index contributed by atoms with van der Waals surface area (Å²) in [6, 6.07) is 2.08. The smallest absolute Gasteiger partial charge is 0.136 e. The maximum atomic E-state index is 4.79. The van der Waals surface area contributed by atoms with Crippen LogP contribution in [-0.4, -0.2) is 29.1 Å². The van der Waals surface area contributed by atoms with Gasteiger partial charge in [-0.3, -0.25) is 0 Å². The summed E-state index contributed by atoms with van der Waals surface area (Å²) < 4.78 is 0. The number of hydrogen-bond acceptors (Lipinski definition) is 4. The fraction of sp³-hybridized carbons (Fsp3) is 0.750. The summed E-state index contributed by atoms with van der Waals surface area (Å²) in [4.78, 5) is 11.7. The van der Waals surface area contributed by atoms with E-state index in [1.54, 1.807) is 0 Å². The first kappa shape index (κ1) is 15.1. The first-order chi connectivity index (χ1) is 9.47. The van der Waals surface area contributed by atoms with E-state index >= 15 is 0 Å². The molecule has 112 valence electrons. The summed E-state index contributed by atoms with van der Waals surface area (Å²) in [7, 11) is 2.13. The molecule has 0 aliphatic heterocycles. The highest BCUT2D eigenvalue weighted by molar-refractivity contribution is 5.51. The van der Waals surface area contributed by atoms with Crippen molar-refractivity contribution in [2.45, 2.75) is 64.8 Å². The molecule has 1 heterocycles. The number of aromatic nitrogens is 2. The van der Waals surface area contributed by atoms with Crippen molar-refractivity contribution in [3.8, 4) is 0 Å². The topological polar surface area (TPSA) is 41.0 Å². The van der Waals surface area contributed by atoms with E-state index in [9.17, 15) is 0 Å². The highest BCUT2D eigenvalue weighted by atomic mass is 15.2. The van der Waals surface area contributed by atoms with Crippen LogP contribution in [0.5, 0.6) is 0 Å². The van der Waals surface area contributed by atoms with Gasteiger partial charge in [0.05, 0.1) is 0 Å². The summed E-state index contributed by atoms with van der Waals surface area (Å²) in [5.41, 5.74) is 0.108. The average molecular weight is 276 g/mol. The first-order valence-electron chi connectivity index (χ1n) is 7.84. The first-order valence-corrected chi connectivity index (χ1v) is 7.84. The second-order valence-electron chi connectivity index (χ2n) is 6.40. The average Bonchev–Trinajstić information content (AvgIpc) is 3.28. The normalized spacial score (nSPS) is 15.2. The molecule has 1 aliphatic rings. The third-order valence-electron chi connectivity index (χ3n) is 4.35. The van der Waals surface area contributed by atoms with E-state index in [4.69, 9.17) is 4.98 Å². The fourth-order valence-electron chi connectivity index (χ4n) is 2.04. The van der Waals surface area contributed by atoms with E-state index in [0.29, 0.717) is 5.92 Å². The second-order valence-corrected chi connectivity index (χ2v) is 6.40. The van der Waals surface area contributed by atoms with Gasteiger partial charge in [-0.05, 0) is 39.5 Å². The van der Waals surface area contributed by atoms with Gasteiger partial charge in [0, 0.05) is 31.1 Å². The lowest BCUT2D eigenvalue weighted by atomic mass is 10.00. The van der Waals surface area contributed by atoms with Crippen molar-refractivity contribution in [2.24, 2.45) is 0 Å². The molecule has 2 rings (SSSR count). The van der Waals surface area contributed by atoms with E-state index < -0.39 is 0 Å². The Kier molecular flexibility index (Phi) is 4.51. The molecule has 1 aromatic heterocycles. The molecule has 1 saturated carbocycles. The van der Waals surface area contributed by atoms with Crippen molar-refractivity contribution in [3.63, 3.8) is 0 Å². The molecular weight excluding hydrogens is 248 g/mol. The Labute approximate surface area is 123 Å². The van der Waals surface area contributed by atoms with Gasteiger partial charge < -0.3 is 10.2 Å². The third kappa shape index (κ3) is 3.41. The Hall–Kier alpha value is -1.32. The third-order valence-corrected chi connectivity index (χ3v) is 4.35. The van der Waals surface area contributed by atoms with Gasteiger partial charge in [-0.15, -0.1) is 0 Å². The Balaban J connectivity index is 2.28. The van der Waals surface area contributed by atoms with Crippen LogP contribution in [-0.2, 0) is 0 Å². The van der Waals surface area contributed by atoms with Crippen molar-refractivity contribution in [2.75, 3.05) is 23.8 Å². The lowest BCUT2D eigenvalue weighted by Crippen LogP contribution is -2.41. The lowest BCUT2D eigenvalue weighted by molar-refractivity contribution is 0.466. The summed E-state index contributed by atoms with van der Waals surface area (Å²) in [6.45, 7) is 9.86. The van der Waals surface area contributed by atoms with Gasteiger partial charge in [0.1, 0.15) is 17.5 Å². The van der Waals surface area contributed by atoms with Gasteiger partial charge in [-0.1, -0.05) is 13.8 Å². The number of nitrogens with one attached hydrogen (secondary N) is 1. The molecule has 1 aliphatic carbocycles. The zero-order valence-electron chi connectivity index (χ0n) is 13.5. The van der Waals surface area contributed by atoms with Crippen molar-refractivity contribution in [1.29, 1.82) is 0 Å². The van der Waals surface area contributed by atoms with Crippen LogP contribution in [0.25, 0.3) is 0 Å². The standard InChI is InChI=1S/C16H28N4/c1-6-10-17-13-11-14(20(5)16(3,4)7-2)19-15(18-13)12-8-9-12/h11-12H,6-10H2,1-5H3,(H,17,18,19). The van der Waals surface area contributed by atoms with Crippen molar-refractivity contribution in [1.82, 2.24) is 9.97 Å². The molecule has 0 amide bonds. The summed E-state index contributed by atoms with van der Waals surface area (Å²) in [5.74, 6) is 3.60. The molecular formula is C16H28N4.